The Balaban J connectivity index is 1.29. The summed E-state index contributed by atoms with van der Waals surface area (Å²) in [6, 6.07) is 10.7. The largest absolute Gasteiger partial charge is 0.301 e. The van der Waals surface area contributed by atoms with Crippen molar-refractivity contribution >= 4 is 39.8 Å². The second kappa shape index (κ2) is 8.29. The Hall–Kier alpha value is -2.80. The number of aromatic nitrogens is 2. The SMILES string of the molecule is Cc1cc2c(=O)[nH]c(SCCCC(=O)CC3=Nc4ccccc4C3)nc2cc1F. The minimum absolute atomic E-state index is 0.162. The maximum absolute atomic E-state index is 13.8. The average molecular weight is 409 g/mol. The van der Waals surface area contributed by atoms with Crippen molar-refractivity contribution in [1.82, 2.24) is 9.97 Å². The zero-order valence-corrected chi connectivity index (χ0v) is 16.8. The Labute approximate surface area is 171 Å². The zero-order valence-electron chi connectivity index (χ0n) is 16.0. The number of rotatable bonds is 7. The molecule has 7 heteroatoms. The number of hydrogen-bond donors (Lipinski definition) is 1. The van der Waals surface area contributed by atoms with Crippen LogP contribution in [-0.4, -0.2) is 27.2 Å². The normalized spacial score (nSPS) is 12.8. The van der Waals surface area contributed by atoms with Crippen LogP contribution in [0.5, 0.6) is 0 Å². The van der Waals surface area contributed by atoms with Gasteiger partial charge in [-0.3, -0.25) is 14.6 Å². The second-order valence-corrected chi connectivity index (χ2v) is 8.22. The molecule has 148 valence electrons. The van der Waals surface area contributed by atoms with Gasteiger partial charge >= 0.3 is 0 Å². The Morgan fingerprint density at radius 2 is 2.10 bits per heavy atom. The number of fused-ring (bicyclic) bond motifs is 2. The van der Waals surface area contributed by atoms with Gasteiger partial charge in [0.15, 0.2) is 5.16 Å². The molecule has 29 heavy (non-hydrogen) atoms. The number of hydrogen-bond acceptors (Lipinski definition) is 5. The molecule has 1 aromatic heterocycles. The number of aromatic amines is 1. The van der Waals surface area contributed by atoms with E-state index in [1.54, 1.807) is 6.92 Å². The molecule has 1 N–H and O–H groups in total. The highest BCUT2D eigenvalue weighted by molar-refractivity contribution is 7.99. The van der Waals surface area contributed by atoms with Gasteiger partial charge in [-0.05, 0) is 36.6 Å². The first-order valence-electron chi connectivity index (χ1n) is 9.48. The fourth-order valence-corrected chi connectivity index (χ4v) is 4.18. The van der Waals surface area contributed by atoms with Crippen LogP contribution in [0.3, 0.4) is 0 Å². The summed E-state index contributed by atoms with van der Waals surface area (Å²) in [4.78, 5) is 36.0. The molecule has 0 saturated heterocycles. The molecule has 0 atom stereocenters. The Morgan fingerprint density at radius 1 is 1.28 bits per heavy atom. The van der Waals surface area contributed by atoms with Crippen molar-refractivity contribution in [2.45, 2.75) is 37.8 Å². The zero-order chi connectivity index (χ0) is 20.4. The Bertz CT molecular complexity index is 1190. The van der Waals surface area contributed by atoms with Crippen molar-refractivity contribution in [2.24, 2.45) is 4.99 Å². The smallest absolute Gasteiger partial charge is 0.259 e. The van der Waals surface area contributed by atoms with E-state index < -0.39 is 0 Å². The van der Waals surface area contributed by atoms with Crippen molar-refractivity contribution in [1.29, 1.82) is 0 Å². The first-order valence-corrected chi connectivity index (χ1v) is 10.5. The molecular formula is C22H20FN3O2S. The van der Waals surface area contributed by atoms with Crippen LogP contribution in [0.1, 0.15) is 30.4 Å². The number of ketones is 1. The fraction of sp³-hybridized carbons (Fsp3) is 0.273. The van der Waals surface area contributed by atoms with Gasteiger partial charge < -0.3 is 4.98 Å². The molecule has 0 fully saturated rings. The number of benzene rings is 2. The molecule has 0 unspecified atom stereocenters. The van der Waals surface area contributed by atoms with E-state index in [0.29, 0.717) is 46.6 Å². The number of halogens is 1. The summed E-state index contributed by atoms with van der Waals surface area (Å²) in [6.07, 6.45) is 2.25. The van der Waals surface area contributed by atoms with Crippen LogP contribution in [0.25, 0.3) is 10.9 Å². The Morgan fingerprint density at radius 3 is 2.93 bits per heavy atom. The molecule has 0 bridgehead atoms. The lowest BCUT2D eigenvalue weighted by Crippen LogP contribution is -2.10. The van der Waals surface area contributed by atoms with E-state index in [0.717, 1.165) is 17.8 Å². The van der Waals surface area contributed by atoms with Crippen LogP contribution in [0, 0.1) is 12.7 Å². The number of carbonyl (C=O) groups is 1. The number of aryl methyl sites for hydroxylation is 1. The minimum atomic E-state index is -0.380. The van der Waals surface area contributed by atoms with Gasteiger partial charge in [0.25, 0.3) is 5.56 Å². The Kier molecular flexibility index (Phi) is 5.58. The number of nitrogens with one attached hydrogen (secondary N) is 1. The standard InChI is InChI=1S/C22H20FN3O2S/c1-13-9-17-20(12-18(13)23)25-22(26-21(17)28)29-8-4-6-16(27)11-15-10-14-5-2-3-7-19(14)24-15/h2-3,5,7,9,12H,4,6,8,10-11H2,1H3,(H,25,26,28). The van der Waals surface area contributed by atoms with Crippen molar-refractivity contribution in [3.8, 4) is 0 Å². The van der Waals surface area contributed by atoms with Crippen molar-refractivity contribution in [3.05, 3.63) is 63.7 Å². The summed E-state index contributed by atoms with van der Waals surface area (Å²) >= 11 is 1.36. The molecule has 4 rings (SSSR count). The molecule has 0 radical (unpaired) electrons. The van der Waals surface area contributed by atoms with Gasteiger partial charge in [0, 0.05) is 36.8 Å². The summed E-state index contributed by atoms with van der Waals surface area (Å²) < 4.78 is 13.8. The van der Waals surface area contributed by atoms with Gasteiger partial charge in [-0.2, -0.15) is 0 Å². The molecule has 1 aliphatic rings. The van der Waals surface area contributed by atoms with E-state index in [1.807, 2.05) is 24.3 Å². The van der Waals surface area contributed by atoms with Crippen LogP contribution in [0.4, 0.5) is 10.1 Å². The molecule has 5 nitrogen and oxygen atoms in total. The number of nitrogens with zero attached hydrogens (tertiary/aromatic N) is 2. The van der Waals surface area contributed by atoms with Crippen LogP contribution in [0.15, 0.2) is 51.3 Å². The van der Waals surface area contributed by atoms with Crippen molar-refractivity contribution in [2.75, 3.05) is 5.75 Å². The number of carbonyl (C=O) groups excluding carboxylic acids is 1. The number of thioether (sulfide) groups is 1. The quantitative estimate of drug-likeness (QED) is 0.353. The molecule has 2 aromatic carbocycles. The van der Waals surface area contributed by atoms with Gasteiger partial charge in [-0.15, -0.1) is 0 Å². The molecule has 0 aliphatic carbocycles. The van der Waals surface area contributed by atoms with Crippen molar-refractivity contribution in [3.63, 3.8) is 0 Å². The highest BCUT2D eigenvalue weighted by Gasteiger charge is 2.16. The van der Waals surface area contributed by atoms with E-state index in [1.165, 1.54) is 29.5 Å². The maximum atomic E-state index is 13.8. The van der Waals surface area contributed by atoms with Gasteiger partial charge in [-0.1, -0.05) is 30.0 Å². The van der Waals surface area contributed by atoms with E-state index in [9.17, 15) is 14.0 Å². The topological polar surface area (TPSA) is 75.2 Å². The van der Waals surface area contributed by atoms with Gasteiger partial charge in [0.2, 0.25) is 0 Å². The summed E-state index contributed by atoms with van der Waals surface area (Å²) in [5.74, 6) is 0.421. The third-order valence-electron chi connectivity index (χ3n) is 4.87. The summed E-state index contributed by atoms with van der Waals surface area (Å²) in [5, 5.41) is 0.815. The number of para-hydroxylation sites is 1. The third-order valence-corrected chi connectivity index (χ3v) is 5.83. The van der Waals surface area contributed by atoms with Crippen LogP contribution in [0.2, 0.25) is 0 Å². The molecular weight excluding hydrogens is 389 g/mol. The first-order chi connectivity index (χ1) is 14.0. The van der Waals surface area contributed by atoms with Crippen molar-refractivity contribution < 1.29 is 9.18 Å². The summed E-state index contributed by atoms with van der Waals surface area (Å²) in [7, 11) is 0. The number of H-pyrrole nitrogens is 1. The van der Waals surface area contributed by atoms with Gasteiger partial charge in [0.05, 0.1) is 16.6 Å². The maximum Gasteiger partial charge on any atom is 0.259 e. The summed E-state index contributed by atoms with van der Waals surface area (Å²) in [6.45, 7) is 1.61. The molecule has 0 spiro atoms. The monoisotopic (exact) mass is 409 g/mol. The highest BCUT2D eigenvalue weighted by atomic mass is 32.2. The fourth-order valence-electron chi connectivity index (χ4n) is 3.37. The first kappa shape index (κ1) is 19.5. The lowest BCUT2D eigenvalue weighted by molar-refractivity contribution is -0.117. The lowest BCUT2D eigenvalue weighted by Gasteiger charge is -2.05. The third kappa shape index (κ3) is 4.45. The molecule has 1 aliphatic heterocycles. The average Bonchev–Trinajstić information content (AvgIpc) is 3.09. The van der Waals surface area contributed by atoms with E-state index in [-0.39, 0.29) is 17.2 Å². The predicted octanol–water partition coefficient (Wildman–Crippen LogP) is 4.53. The van der Waals surface area contributed by atoms with E-state index in [2.05, 4.69) is 15.0 Å². The highest BCUT2D eigenvalue weighted by Crippen LogP contribution is 2.27. The molecule has 0 saturated carbocycles. The van der Waals surface area contributed by atoms with E-state index >= 15 is 0 Å². The predicted molar refractivity (Wildman–Crippen MR) is 114 cm³/mol. The minimum Gasteiger partial charge on any atom is -0.301 e. The number of Topliss-reactive ketones (excluding diaryl/α,β-unsaturated/α-hetero) is 1. The summed E-state index contributed by atoms with van der Waals surface area (Å²) in [5.41, 5.74) is 3.53. The van der Waals surface area contributed by atoms with Gasteiger partial charge in [-0.25, -0.2) is 9.37 Å². The van der Waals surface area contributed by atoms with Crippen LogP contribution >= 0.6 is 11.8 Å². The van der Waals surface area contributed by atoms with Gasteiger partial charge in [0.1, 0.15) is 11.6 Å². The van der Waals surface area contributed by atoms with Crippen LogP contribution in [-0.2, 0) is 11.2 Å². The molecule has 0 amide bonds. The lowest BCUT2D eigenvalue weighted by atomic mass is 10.0. The second-order valence-electron chi connectivity index (χ2n) is 7.14. The van der Waals surface area contributed by atoms with E-state index in [4.69, 9.17) is 0 Å². The molecule has 2 heterocycles. The number of aliphatic imine (C=N–C) groups is 1. The molecule has 3 aromatic rings. The van der Waals surface area contributed by atoms with Crippen LogP contribution < -0.4 is 5.56 Å².